The van der Waals surface area contributed by atoms with Crippen molar-refractivity contribution in [2.24, 2.45) is 0 Å². The van der Waals surface area contributed by atoms with Gasteiger partial charge in [0.2, 0.25) is 0 Å². The molecule has 0 spiro atoms. The highest BCUT2D eigenvalue weighted by Gasteiger charge is 2.12. The number of carboxylic acid groups (broad SMARTS) is 1. The minimum Gasteiger partial charge on any atom is -0.476 e. The first-order valence-electron chi connectivity index (χ1n) is 4.07. The second kappa shape index (κ2) is 3.82. The summed E-state index contributed by atoms with van der Waals surface area (Å²) in [6, 6.07) is 3.31. The van der Waals surface area contributed by atoms with Crippen molar-refractivity contribution in [1.82, 2.24) is 14.8 Å². The topological polar surface area (TPSA) is 68.0 Å². The summed E-state index contributed by atoms with van der Waals surface area (Å²) in [6.45, 7) is 0. The predicted molar refractivity (Wildman–Crippen MR) is 56.0 cm³/mol. The Hall–Kier alpha value is -1.69. The molecule has 0 saturated carbocycles. The van der Waals surface area contributed by atoms with E-state index in [2.05, 4.69) is 26.0 Å². The van der Waals surface area contributed by atoms with E-state index in [1.807, 2.05) is 0 Å². The van der Waals surface area contributed by atoms with Crippen molar-refractivity contribution in [2.75, 3.05) is 0 Å². The van der Waals surface area contributed by atoms with Crippen LogP contribution in [0.15, 0.2) is 35.2 Å². The van der Waals surface area contributed by atoms with Crippen LogP contribution in [0.1, 0.15) is 10.5 Å². The average molecular weight is 268 g/mol. The molecule has 0 aliphatic heterocycles. The smallest absolute Gasteiger partial charge is 0.356 e. The minimum atomic E-state index is -1.07. The standard InChI is InChI=1S/C9H6BrN3O2/c10-6-4-12-13(5-6)7-2-1-3-11-8(7)9(14)15/h1-5H,(H,14,15). The summed E-state index contributed by atoms with van der Waals surface area (Å²) in [6.07, 6.45) is 4.69. The van der Waals surface area contributed by atoms with Crippen LogP contribution in [0.25, 0.3) is 5.69 Å². The van der Waals surface area contributed by atoms with E-state index >= 15 is 0 Å². The third-order valence-corrected chi connectivity index (χ3v) is 2.20. The molecule has 5 nitrogen and oxygen atoms in total. The van der Waals surface area contributed by atoms with Gasteiger partial charge in [-0.25, -0.2) is 14.5 Å². The average Bonchev–Trinajstić information content (AvgIpc) is 2.65. The van der Waals surface area contributed by atoms with Crippen molar-refractivity contribution >= 4 is 21.9 Å². The van der Waals surface area contributed by atoms with Gasteiger partial charge in [-0.05, 0) is 28.1 Å². The molecule has 0 atom stereocenters. The summed E-state index contributed by atoms with van der Waals surface area (Å²) >= 11 is 3.24. The zero-order valence-electron chi connectivity index (χ0n) is 7.46. The van der Waals surface area contributed by atoms with Crippen LogP contribution in [-0.2, 0) is 0 Å². The van der Waals surface area contributed by atoms with Gasteiger partial charge in [-0.15, -0.1) is 0 Å². The van der Waals surface area contributed by atoms with E-state index in [0.29, 0.717) is 5.69 Å². The van der Waals surface area contributed by atoms with Crippen LogP contribution in [0.3, 0.4) is 0 Å². The lowest BCUT2D eigenvalue weighted by molar-refractivity contribution is 0.0690. The second-order valence-corrected chi connectivity index (χ2v) is 3.70. The molecule has 0 saturated heterocycles. The maximum Gasteiger partial charge on any atom is 0.356 e. The quantitative estimate of drug-likeness (QED) is 0.900. The summed E-state index contributed by atoms with van der Waals surface area (Å²) in [7, 11) is 0. The number of halogens is 1. The number of rotatable bonds is 2. The Kier molecular flexibility index (Phi) is 2.51. The van der Waals surface area contributed by atoms with Crippen LogP contribution in [0, 0.1) is 0 Å². The number of hydrogen-bond donors (Lipinski definition) is 1. The molecular formula is C9H6BrN3O2. The van der Waals surface area contributed by atoms with E-state index in [1.165, 1.54) is 10.9 Å². The molecule has 2 aromatic heterocycles. The van der Waals surface area contributed by atoms with Crippen molar-refractivity contribution in [2.45, 2.75) is 0 Å². The first kappa shape index (κ1) is 9.85. The number of nitrogens with zero attached hydrogens (tertiary/aromatic N) is 3. The van der Waals surface area contributed by atoms with Gasteiger partial charge in [0.1, 0.15) is 0 Å². The number of carbonyl (C=O) groups is 1. The van der Waals surface area contributed by atoms with Gasteiger partial charge in [0, 0.05) is 12.4 Å². The van der Waals surface area contributed by atoms with E-state index in [0.717, 1.165) is 4.47 Å². The Labute approximate surface area is 93.5 Å². The maximum atomic E-state index is 10.9. The largest absolute Gasteiger partial charge is 0.476 e. The molecular weight excluding hydrogens is 262 g/mol. The Morgan fingerprint density at radius 2 is 2.33 bits per heavy atom. The predicted octanol–water partition coefficient (Wildman–Crippen LogP) is 1.73. The molecule has 0 radical (unpaired) electrons. The van der Waals surface area contributed by atoms with Crippen molar-refractivity contribution in [3.63, 3.8) is 0 Å². The van der Waals surface area contributed by atoms with E-state index < -0.39 is 5.97 Å². The van der Waals surface area contributed by atoms with Crippen LogP contribution in [0.5, 0.6) is 0 Å². The first-order chi connectivity index (χ1) is 7.18. The van der Waals surface area contributed by atoms with Crippen LogP contribution in [0.2, 0.25) is 0 Å². The molecule has 0 unspecified atom stereocenters. The van der Waals surface area contributed by atoms with Crippen molar-refractivity contribution in [3.8, 4) is 5.69 Å². The molecule has 15 heavy (non-hydrogen) atoms. The molecule has 76 valence electrons. The molecule has 1 N–H and O–H groups in total. The van der Waals surface area contributed by atoms with Crippen molar-refractivity contribution in [1.29, 1.82) is 0 Å². The Bertz CT molecular complexity index is 510. The van der Waals surface area contributed by atoms with Gasteiger partial charge in [-0.1, -0.05) is 0 Å². The molecule has 0 aliphatic rings. The number of carboxylic acids is 1. The third kappa shape index (κ3) is 1.89. The van der Waals surface area contributed by atoms with Gasteiger partial charge < -0.3 is 5.11 Å². The third-order valence-electron chi connectivity index (χ3n) is 1.79. The summed E-state index contributed by atoms with van der Waals surface area (Å²) in [5.74, 6) is -1.07. The summed E-state index contributed by atoms with van der Waals surface area (Å²) in [4.78, 5) is 14.7. The van der Waals surface area contributed by atoms with Crippen LogP contribution in [0.4, 0.5) is 0 Å². The summed E-state index contributed by atoms with van der Waals surface area (Å²) < 4.78 is 2.24. The fourth-order valence-corrected chi connectivity index (χ4v) is 1.46. The molecule has 0 bridgehead atoms. The van der Waals surface area contributed by atoms with Gasteiger partial charge in [0.15, 0.2) is 5.69 Å². The molecule has 6 heteroatoms. The number of aromatic carboxylic acids is 1. The van der Waals surface area contributed by atoms with E-state index in [9.17, 15) is 4.79 Å². The zero-order valence-corrected chi connectivity index (χ0v) is 9.05. The van der Waals surface area contributed by atoms with E-state index in [1.54, 1.807) is 24.5 Å². The van der Waals surface area contributed by atoms with E-state index in [4.69, 9.17) is 5.11 Å². The van der Waals surface area contributed by atoms with Crippen molar-refractivity contribution < 1.29 is 9.90 Å². The normalized spacial score (nSPS) is 10.2. The van der Waals surface area contributed by atoms with Gasteiger partial charge in [0.05, 0.1) is 16.4 Å². The lowest BCUT2D eigenvalue weighted by Crippen LogP contribution is -2.07. The molecule has 2 aromatic rings. The van der Waals surface area contributed by atoms with E-state index in [-0.39, 0.29) is 5.69 Å². The van der Waals surface area contributed by atoms with Gasteiger partial charge in [-0.2, -0.15) is 5.10 Å². The van der Waals surface area contributed by atoms with Gasteiger partial charge in [-0.3, -0.25) is 0 Å². The fraction of sp³-hybridized carbons (Fsp3) is 0. The summed E-state index contributed by atoms with van der Waals surface area (Å²) in [5, 5.41) is 12.9. The van der Waals surface area contributed by atoms with Gasteiger partial charge >= 0.3 is 5.97 Å². The number of aromatic nitrogens is 3. The Balaban J connectivity index is 2.57. The first-order valence-corrected chi connectivity index (χ1v) is 4.86. The SMILES string of the molecule is O=C(O)c1ncccc1-n1cc(Br)cn1. The van der Waals surface area contributed by atoms with Crippen LogP contribution >= 0.6 is 15.9 Å². The van der Waals surface area contributed by atoms with Crippen LogP contribution < -0.4 is 0 Å². The minimum absolute atomic E-state index is 0.0203. The van der Waals surface area contributed by atoms with Gasteiger partial charge in [0.25, 0.3) is 0 Å². The number of hydrogen-bond acceptors (Lipinski definition) is 3. The fourth-order valence-electron chi connectivity index (χ4n) is 1.18. The molecule has 0 fully saturated rings. The highest BCUT2D eigenvalue weighted by Crippen LogP contribution is 2.14. The Morgan fingerprint density at radius 3 is 2.93 bits per heavy atom. The second-order valence-electron chi connectivity index (χ2n) is 2.78. The highest BCUT2D eigenvalue weighted by molar-refractivity contribution is 9.10. The highest BCUT2D eigenvalue weighted by atomic mass is 79.9. The molecule has 2 rings (SSSR count). The number of pyridine rings is 1. The molecule has 2 heterocycles. The Morgan fingerprint density at radius 1 is 1.53 bits per heavy atom. The molecule has 0 aliphatic carbocycles. The lowest BCUT2D eigenvalue weighted by atomic mass is 10.3. The lowest BCUT2D eigenvalue weighted by Gasteiger charge is -2.03. The maximum absolute atomic E-state index is 10.9. The molecule has 0 aromatic carbocycles. The summed E-state index contributed by atoms with van der Waals surface area (Å²) in [5.41, 5.74) is 0.420. The zero-order chi connectivity index (χ0) is 10.8. The molecule has 0 amide bonds. The van der Waals surface area contributed by atoms with Crippen molar-refractivity contribution in [3.05, 3.63) is 40.9 Å². The van der Waals surface area contributed by atoms with Crippen LogP contribution in [-0.4, -0.2) is 25.8 Å². The monoisotopic (exact) mass is 267 g/mol.